The number of aryl methyl sites for hydroxylation is 1. The fourth-order valence-electron chi connectivity index (χ4n) is 7.66. The van der Waals surface area contributed by atoms with Gasteiger partial charge in [-0.1, -0.05) is 0 Å². The van der Waals surface area contributed by atoms with Crippen molar-refractivity contribution in [2.45, 2.75) is 76.2 Å². The number of fused-ring (bicyclic) bond motifs is 6. The van der Waals surface area contributed by atoms with Gasteiger partial charge >= 0.3 is 0 Å². The Morgan fingerprint density at radius 3 is 2.61 bits per heavy atom. The summed E-state index contributed by atoms with van der Waals surface area (Å²) in [5.41, 5.74) is 4.05. The zero-order chi connectivity index (χ0) is 24.6. The van der Waals surface area contributed by atoms with Gasteiger partial charge in [0.25, 0.3) is 12.3 Å². The normalized spacial score (nSPS) is 30.0. The molecule has 0 spiro atoms. The molecule has 2 unspecified atom stereocenters. The van der Waals surface area contributed by atoms with Gasteiger partial charge in [-0.05, 0) is 110 Å². The molecule has 1 aromatic heterocycles. The minimum atomic E-state index is -2.65. The van der Waals surface area contributed by atoms with E-state index < -0.39 is 12.2 Å². The van der Waals surface area contributed by atoms with E-state index in [1.807, 2.05) is 11.0 Å². The second-order valence-electron chi connectivity index (χ2n) is 11.8. The lowest BCUT2D eigenvalue weighted by molar-refractivity contribution is 0.0932. The second kappa shape index (κ2) is 8.49. The number of nitrogens with one attached hydrogen (secondary N) is 1. The number of nitrogens with zero attached hydrogens (tertiary/aromatic N) is 2. The highest BCUT2D eigenvalue weighted by Gasteiger charge is 2.43. The molecular weight excluding hydrogens is 463 g/mol. The average Bonchev–Trinajstić information content (AvgIpc) is 3.60. The van der Waals surface area contributed by atoms with Gasteiger partial charge in [0.05, 0.1) is 5.56 Å². The molecule has 5 atom stereocenters. The highest BCUT2D eigenvalue weighted by atomic mass is 19.3. The van der Waals surface area contributed by atoms with E-state index in [2.05, 4.69) is 10.3 Å². The van der Waals surface area contributed by atoms with Crippen molar-refractivity contribution in [3.05, 3.63) is 57.7 Å². The number of alkyl halides is 2. The van der Waals surface area contributed by atoms with E-state index in [1.165, 1.54) is 24.5 Å². The highest BCUT2D eigenvalue weighted by molar-refractivity contribution is 5.94. The van der Waals surface area contributed by atoms with Crippen molar-refractivity contribution in [2.75, 3.05) is 18.0 Å². The fraction of sp³-hybridized carbons (Fsp3) is 0.586. The summed E-state index contributed by atoms with van der Waals surface area (Å²) in [6, 6.07) is 3.03. The molecule has 190 valence electrons. The summed E-state index contributed by atoms with van der Waals surface area (Å²) in [5, 5.41) is 3.04. The van der Waals surface area contributed by atoms with Crippen LogP contribution in [0.5, 0.6) is 0 Å². The lowest BCUT2D eigenvalue weighted by Crippen LogP contribution is -2.40. The summed E-state index contributed by atoms with van der Waals surface area (Å²) >= 11 is 0. The van der Waals surface area contributed by atoms with Gasteiger partial charge in [-0.15, -0.1) is 0 Å². The summed E-state index contributed by atoms with van der Waals surface area (Å²) < 4.78 is 44.2. The third-order valence-electron chi connectivity index (χ3n) is 9.55. The molecule has 1 N–H and O–H groups in total. The first-order chi connectivity index (χ1) is 17.4. The number of benzene rings is 1. The van der Waals surface area contributed by atoms with Gasteiger partial charge in [-0.2, -0.15) is 0 Å². The van der Waals surface area contributed by atoms with Crippen LogP contribution in [0, 0.1) is 23.6 Å². The molecule has 7 rings (SSSR count). The summed E-state index contributed by atoms with van der Waals surface area (Å²) in [6.45, 7) is 1.48. The minimum absolute atomic E-state index is 0.00958. The minimum Gasteiger partial charge on any atom is -0.370 e. The number of amides is 1. The molecule has 0 radical (unpaired) electrons. The van der Waals surface area contributed by atoms with Crippen LogP contribution in [0.3, 0.4) is 0 Å². The monoisotopic (exact) mass is 495 g/mol. The van der Waals surface area contributed by atoms with Crippen molar-refractivity contribution in [3.8, 4) is 0 Å². The number of piperidine rings is 1. The average molecular weight is 496 g/mol. The summed E-state index contributed by atoms with van der Waals surface area (Å²) in [5.74, 6) is 1.70. The largest absolute Gasteiger partial charge is 0.370 e. The molecule has 4 nitrogen and oxygen atoms in total. The SMILES string of the molecule is O=C(N[C@H]1CCc2c(c(F)cc(N3CC4CCC(C4)C3)c2C(F)F)C1)c1cnc2c(c1)[C@H]1C[C@H]1CC2. The number of hydrogen-bond acceptors (Lipinski definition) is 3. The number of carbonyl (C=O) groups is 1. The maximum atomic E-state index is 15.4. The molecule has 2 saturated carbocycles. The van der Waals surface area contributed by atoms with Crippen LogP contribution in [-0.4, -0.2) is 30.0 Å². The van der Waals surface area contributed by atoms with E-state index in [9.17, 15) is 13.6 Å². The van der Waals surface area contributed by atoms with Crippen LogP contribution in [-0.2, 0) is 19.3 Å². The molecule has 1 amide bonds. The van der Waals surface area contributed by atoms with Crippen LogP contribution in [0.2, 0.25) is 0 Å². The van der Waals surface area contributed by atoms with Crippen LogP contribution in [0.15, 0.2) is 18.3 Å². The number of rotatable bonds is 4. The molecule has 36 heavy (non-hydrogen) atoms. The Bertz CT molecular complexity index is 1220. The zero-order valence-electron chi connectivity index (χ0n) is 20.4. The topological polar surface area (TPSA) is 45.2 Å². The van der Waals surface area contributed by atoms with E-state index in [4.69, 9.17) is 0 Å². The highest BCUT2D eigenvalue weighted by Crippen LogP contribution is 2.54. The Morgan fingerprint density at radius 2 is 1.83 bits per heavy atom. The number of hydrogen-bond donors (Lipinski definition) is 1. The lowest BCUT2D eigenvalue weighted by Gasteiger charge is -2.37. The van der Waals surface area contributed by atoms with E-state index in [1.54, 1.807) is 6.20 Å². The standard InChI is InChI=1S/C29H32F3N3O/c30-24-11-26(35-13-15-1-2-16(7-15)14-35)27(28(31)32)20-5-4-19(10-22(20)24)34-29(36)18-9-23-21-8-17(21)3-6-25(23)33-12-18/h9,11-12,15-17,19,21,28H,1-8,10,13-14H2,(H,34,36)/t15?,16?,17-,19+,21+/m1/s1. The molecule has 1 aliphatic heterocycles. The summed E-state index contributed by atoms with van der Waals surface area (Å²) in [6.07, 6.45) is 6.89. The molecule has 7 heteroatoms. The number of aromatic nitrogens is 1. The second-order valence-corrected chi connectivity index (χ2v) is 11.8. The molecule has 4 aliphatic carbocycles. The van der Waals surface area contributed by atoms with Gasteiger partial charge in [-0.3, -0.25) is 9.78 Å². The third kappa shape index (κ3) is 3.81. The third-order valence-corrected chi connectivity index (χ3v) is 9.55. The van der Waals surface area contributed by atoms with Crippen LogP contribution in [0.1, 0.15) is 89.2 Å². The van der Waals surface area contributed by atoms with Crippen molar-refractivity contribution in [1.29, 1.82) is 0 Å². The molecular formula is C29H32F3N3O. The van der Waals surface area contributed by atoms with Gasteiger partial charge in [0.1, 0.15) is 5.82 Å². The summed E-state index contributed by atoms with van der Waals surface area (Å²) in [4.78, 5) is 19.6. The molecule has 1 aromatic carbocycles. The van der Waals surface area contributed by atoms with Gasteiger partial charge in [0.2, 0.25) is 0 Å². The van der Waals surface area contributed by atoms with Crippen LogP contribution in [0.4, 0.5) is 18.9 Å². The fourth-order valence-corrected chi connectivity index (χ4v) is 7.66. The Morgan fingerprint density at radius 1 is 1.03 bits per heavy atom. The number of pyridine rings is 1. The van der Waals surface area contributed by atoms with Gasteiger partial charge < -0.3 is 10.2 Å². The molecule has 1 saturated heterocycles. The smallest absolute Gasteiger partial charge is 0.266 e. The van der Waals surface area contributed by atoms with Crippen LogP contribution < -0.4 is 10.2 Å². The number of anilines is 1. The van der Waals surface area contributed by atoms with Crippen molar-refractivity contribution < 1.29 is 18.0 Å². The Hall–Kier alpha value is -2.57. The number of carbonyl (C=O) groups excluding carboxylic acids is 1. The van der Waals surface area contributed by atoms with Crippen molar-refractivity contribution in [1.82, 2.24) is 10.3 Å². The van der Waals surface area contributed by atoms with E-state index >= 15 is 4.39 Å². The molecule has 2 aromatic rings. The Kier molecular flexibility index (Phi) is 5.33. The Balaban J connectivity index is 1.12. The molecule has 3 fully saturated rings. The molecule has 2 bridgehead atoms. The predicted molar refractivity (Wildman–Crippen MR) is 131 cm³/mol. The first-order valence-corrected chi connectivity index (χ1v) is 13.6. The summed E-state index contributed by atoms with van der Waals surface area (Å²) in [7, 11) is 0. The van der Waals surface area contributed by atoms with Gasteiger partial charge in [0.15, 0.2) is 0 Å². The van der Waals surface area contributed by atoms with Crippen molar-refractivity contribution in [2.24, 2.45) is 17.8 Å². The quantitative estimate of drug-likeness (QED) is 0.589. The van der Waals surface area contributed by atoms with Gasteiger partial charge in [-0.25, -0.2) is 13.2 Å². The maximum absolute atomic E-state index is 15.4. The Labute approximate surface area is 209 Å². The number of halogens is 3. The van der Waals surface area contributed by atoms with E-state index in [-0.39, 0.29) is 23.9 Å². The van der Waals surface area contributed by atoms with Gasteiger partial charge in [0, 0.05) is 42.3 Å². The van der Waals surface area contributed by atoms with Crippen LogP contribution >= 0.6 is 0 Å². The lowest BCUT2D eigenvalue weighted by atomic mass is 9.83. The molecule has 5 aliphatic rings. The van der Waals surface area contributed by atoms with E-state index in [0.717, 1.165) is 50.4 Å². The maximum Gasteiger partial charge on any atom is 0.266 e. The van der Waals surface area contributed by atoms with Crippen LogP contribution in [0.25, 0.3) is 0 Å². The zero-order valence-corrected chi connectivity index (χ0v) is 20.4. The first-order valence-electron chi connectivity index (χ1n) is 13.6. The predicted octanol–water partition coefficient (Wildman–Crippen LogP) is 5.73. The first kappa shape index (κ1) is 22.6. The van der Waals surface area contributed by atoms with Crippen molar-refractivity contribution >= 4 is 11.6 Å². The molecule has 2 heterocycles. The van der Waals surface area contributed by atoms with E-state index in [0.29, 0.717) is 53.0 Å². The van der Waals surface area contributed by atoms with Crippen molar-refractivity contribution in [3.63, 3.8) is 0 Å².